The molecule has 0 saturated heterocycles. The molecule has 3 aromatic rings. The number of amides is 1. The van der Waals surface area contributed by atoms with Gasteiger partial charge in [-0.3, -0.25) is 4.79 Å². The number of aromatic carboxylic acids is 1. The van der Waals surface area contributed by atoms with Gasteiger partial charge in [0.25, 0.3) is 5.91 Å². The van der Waals surface area contributed by atoms with Crippen LogP contribution in [-0.2, 0) is 4.79 Å². The number of benzene rings is 3. The van der Waals surface area contributed by atoms with E-state index in [0.29, 0.717) is 11.1 Å². The zero-order valence-corrected chi connectivity index (χ0v) is 13.7. The Hall–Kier alpha value is -3.34. The summed E-state index contributed by atoms with van der Waals surface area (Å²) < 4.78 is 5.58. The van der Waals surface area contributed by atoms with Crippen molar-refractivity contribution < 1.29 is 19.4 Å². The lowest BCUT2D eigenvalue weighted by molar-refractivity contribution is -0.118. The molecule has 2 N–H and O–H groups in total. The summed E-state index contributed by atoms with van der Waals surface area (Å²) in [6, 6.07) is 17.9. The zero-order valence-electron chi connectivity index (χ0n) is 13.7. The first kappa shape index (κ1) is 16.5. The molecule has 0 unspecified atom stereocenters. The minimum atomic E-state index is -1.10. The van der Waals surface area contributed by atoms with Gasteiger partial charge < -0.3 is 15.2 Å². The van der Waals surface area contributed by atoms with Crippen LogP contribution in [0.25, 0.3) is 10.8 Å². The summed E-state index contributed by atoms with van der Waals surface area (Å²) >= 11 is 0. The third-order valence-corrected chi connectivity index (χ3v) is 3.79. The number of carbonyl (C=O) groups excluding carboxylic acids is 1. The lowest BCUT2D eigenvalue weighted by Crippen LogP contribution is -2.21. The fraction of sp³-hybridized carbons (Fsp3) is 0.100. The minimum absolute atomic E-state index is 0.0295. The molecule has 126 valence electrons. The van der Waals surface area contributed by atoms with E-state index in [1.807, 2.05) is 31.2 Å². The maximum atomic E-state index is 12.1. The maximum absolute atomic E-state index is 12.1. The Morgan fingerprint density at radius 2 is 1.72 bits per heavy atom. The number of aryl methyl sites for hydroxylation is 1. The van der Waals surface area contributed by atoms with E-state index in [-0.39, 0.29) is 23.8 Å². The van der Waals surface area contributed by atoms with Crippen molar-refractivity contribution >= 4 is 28.3 Å². The Kier molecular flexibility index (Phi) is 4.66. The van der Waals surface area contributed by atoms with Crippen LogP contribution in [0.2, 0.25) is 0 Å². The average molecular weight is 335 g/mol. The number of ether oxygens (including phenoxy) is 1. The van der Waals surface area contributed by atoms with Gasteiger partial charge in [-0.2, -0.15) is 0 Å². The second-order valence-electron chi connectivity index (χ2n) is 5.67. The topological polar surface area (TPSA) is 75.6 Å². The predicted octanol–water partition coefficient (Wildman–Crippen LogP) is 3.86. The van der Waals surface area contributed by atoms with Crippen molar-refractivity contribution in [1.29, 1.82) is 0 Å². The van der Waals surface area contributed by atoms with Crippen molar-refractivity contribution in [3.63, 3.8) is 0 Å². The average Bonchev–Trinajstić information content (AvgIpc) is 2.61. The molecule has 0 bridgehead atoms. The molecule has 0 aliphatic rings. The SMILES string of the molecule is Cc1ccc(NC(=O)COc2c(C(=O)O)ccc3ccccc23)cc1. The lowest BCUT2D eigenvalue weighted by Gasteiger charge is -2.12. The molecule has 0 fully saturated rings. The summed E-state index contributed by atoms with van der Waals surface area (Å²) in [7, 11) is 0. The van der Waals surface area contributed by atoms with E-state index in [4.69, 9.17) is 4.74 Å². The number of hydrogen-bond acceptors (Lipinski definition) is 3. The molecule has 0 radical (unpaired) electrons. The molecule has 0 aromatic heterocycles. The van der Waals surface area contributed by atoms with Crippen LogP contribution in [0.3, 0.4) is 0 Å². The van der Waals surface area contributed by atoms with E-state index in [0.717, 1.165) is 10.9 Å². The Bertz CT molecular complexity index is 932. The first-order valence-corrected chi connectivity index (χ1v) is 7.79. The largest absolute Gasteiger partial charge is 0.482 e. The molecule has 3 rings (SSSR count). The third-order valence-electron chi connectivity index (χ3n) is 3.79. The van der Waals surface area contributed by atoms with Gasteiger partial charge in [0, 0.05) is 11.1 Å². The highest BCUT2D eigenvalue weighted by Crippen LogP contribution is 2.30. The van der Waals surface area contributed by atoms with E-state index in [1.54, 1.807) is 30.3 Å². The summed E-state index contributed by atoms with van der Waals surface area (Å²) in [4.78, 5) is 23.6. The van der Waals surface area contributed by atoms with Crippen LogP contribution in [-0.4, -0.2) is 23.6 Å². The van der Waals surface area contributed by atoms with Crippen LogP contribution in [0.5, 0.6) is 5.75 Å². The molecule has 0 atom stereocenters. The number of nitrogens with one attached hydrogen (secondary N) is 1. The van der Waals surface area contributed by atoms with Crippen LogP contribution >= 0.6 is 0 Å². The first-order valence-electron chi connectivity index (χ1n) is 7.79. The molecule has 25 heavy (non-hydrogen) atoms. The van der Waals surface area contributed by atoms with Crippen molar-refractivity contribution in [2.75, 3.05) is 11.9 Å². The van der Waals surface area contributed by atoms with Crippen LogP contribution in [0, 0.1) is 6.92 Å². The quantitative estimate of drug-likeness (QED) is 0.742. The van der Waals surface area contributed by atoms with Crippen LogP contribution in [0.15, 0.2) is 60.7 Å². The number of carboxylic acid groups (broad SMARTS) is 1. The fourth-order valence-corrected chi connectivity index (χ4v) is 2.54. The van der Waals surface area contributed by atoms with Gasteiger partial charge in [0.05, 0.1) is 0 Å². The summed E-state index contributed by atoms with van der Waals surface area (Å²) in [6.07, 6.45) is 0. The molecule has 0 aliphatic heterocycles. The Morgan fingerprint density at radius 1 is 1.00 bits per heavy atom. The van der Waals surface area contributed by atoms with E-state index >= 15 is 0 Å². The summed E-state index contributed by atoms with van der Waals surface area (Å²) in [5.41, 5.74) is 1.79. The van der Waals surface area contributed by atoms with E-state index in [2.05, 4.69) is 5.32 Å². The summed E-state index contributed by atoms with van der Waals surface area (Å²) in [6.45, 7) is 1.69. The van der Waals surface area contributed by atoms with E-state index < -0.39 is 5.97 Å². The normalized spacial score (nSPS) is 10.4. The van der Waals surface area contributed by atoms with Gasteiger partial charge in [0.2, 0.25) is 0 Å². The number of carboxylic acids is 1. The van der Waals surface area contributed by atoms with Gasteiger partial charge in [-0.15, -0.1) is 0 Å². The highest BCUT2D eigenvalue weighted by Gasteiger charge is 2.16. The minimum Gasteiger partial charge on any atom is -0.482 e. The Labute approximate surface area is 144 Å². The molecule has 0 saturated carbocycles. The number of anilines is 1. The van der Waals surface area contributed by atoms with Gasteiger partial charge in [0.1, 0.15) is 11.3 Å². The molecular formula is C20H17NO4. The van der Waals surface area contributed by atoms with E-state index in [1.165, 1.54) is 6.07 Å². The molecule has 0 aliphatic carbocycles. The number of rotatable bonds is 5. The molecule has 0 spiro atoms. The molecule has 5 heteroatoms. The smallest absolute Gasteiger partial charge is 0.339 e. The monoisotopic (exact) mass is 335 g/mol. The van der Waals surface area contributed by atoms with Crippen LogP contribution in [0.1, 0.15) is 15.9 Å². The highest BCUT2D eigenvalue weighted by atomic mass is 16.5. The number of carbonyl (C=O) groups is 2. The van der Waals surface area contributed by atoms with Crippen molar-refractivity contribution in [2.45, 2.75) is 6.92 Å². The molecule has 0 heterocycles. The van der Waals surface area contributed by atoms with E-state index in [9.17, 15) is 14.7 Å². The van der Waals surface area contributed by atoms with Crippen molar-refractivity contribution in [3.05, 3.63) is 71.8 Å². The highest BCUT2D eigenvalue weighted by molar-refractivity contribution is 6.01. The van der Waals surface area contributed by atoms with Crippen LogP contribution in [0.4, 0.5) is 5.69 Å². The van der Waals surface area contributed by atoms with Crippen LogP contribution < -0.4 is 10.1 Å². The molecule has 1 amide bonds. The Balaban J connectivity index is 1.80. The second-order valence-corrected chi connectivity index (χ2v) is 5.67. The van der Waals surface area contributed by atoms with Crippen molar-refractivity contribution in [3.8, 4) is 5.75 Å². The standard InChI is InChI=1S/C20H17NO4/c1-13-6-9-15(10-7-13)21-18(22)12-25-19-16-5-3-2-4-14(16)8-11-17(19)20(23)24/h2-11H,12H2,1H3,(H,21,22)(H,23,24). The van der Waals surface area contributed by atoms with Crippen molar-refractivity contribution in [2.24, 2.45) is 0 Å². The molecule has 5 nitrogen and oxygen atoms in total. The third kappa shape index (κ3) is 3.77. The number of fused-ring (bicyclic) bond motifs is 1. The van der Waals surface area contributed by atoms with Gasteiger partial charge in [-0.25, -0.2) is 4.79 Å². The van der Waals surface area contributed by atoms with Gasteiger partial charge in [-0.05, 0) is 30.5 Å². The van der Waals surface area contributed by atoms with Gasteiger partial charge in [-0.1, -0.05) is 48.0 Å². The fourth-order valence-electron chi connectivity index (χ4n) is 2.54. The summed E-state index contributed by atoms with van der Waals surface area (Å²) in [5, 5.41) is 13.6. The van der Waals surface area contributed by atoms with Crippen molar-refractivity contribution in [1.82, 2.24) is 0 Å². The number of hydrogen-bond donors (Lipinski definition) is 2. The maximum Gasteiger partial charge on any atom is 0.339 e. The molecule has 3 aromatic carbocycles. The second kappa shape index (κ2) is 7.05. The lowest BCUT2D eigenvalue weighted by atomic mass is 10.1. The zero-order chi connectivity index (χ0) is 17.8. The predicted molar refractivity (Wildman–Crippen MR) is 96.2 cm³/mol. The first-order chi connectivity index (χ1) is 12.0. The van der Waals surface area contributed by atoms with Gasteiger partial charge >= 0.3 is 5.97 Å². The summed E-state index contributed by atoms with van der Waals surface area (Å²) in [5.74, 6) is -1.25. The Morgan fingerprint density at radius 3 is 2.44 bits per heavy atom. The van der Waals surface area contributed by atoms with Gasteiger partial charge in [0.15, 0.2) is 6.61 Å². The molecular weight excluding hydrogens is 318 g/mol.